The lowest BCUT2D eigenvalue weighted by Gasteiger charge is -2.25. The molecule has 2 heterocycles. The van der Waals surface area contributed by atoms with Crippen LogP contribution in [0.15, 0.2) is 42.7 Å². The van der Waals surface area contributed by atoms with Crippen molar-refractivity contribution in [3.63, 3.8) is 0 Å². The molecule has 1 aliphatic rings. The molecule has 3 rings (SSSR count). The number of hydrogen-bond donors (Lipinski definition) is 0. The Balaban J connectivity index is 1.83. The van der Waals surface area contributed by atoms with E-state index in [2.05, 4.69) is 4.98 Å². The summed E-state index contributed by atoms with van der Waals surface area (Å²) in [7, 11) is 1.34. The van der Waals surface area contributed by atoms with Gasteiger partial charge in [-0.3, -0.25) is 14.6 Å². The van der Waals surface area contributed by atoms with Crippen LogP contribution in [0.25, 0.3) is 0 Å². The summed E-state index contributed by atoms with van der Waals surface area (Å²) >= 11 is 0. The van der Waals surface area contributed by atoms with Crippen molar-refractivity contribution >= 4 is 11.9 Å². The highest BCUT2D eigenvalue weighted by Gasteiger charge is 2.24. The number of benzene rings is 1. The number of esters is 1. The summed E-state index contributed by atoms with van der Waals surface area (Å²) in [5.41, 5.74) is 1.34. The molecular weight excluding hydrogens is 336 g/mol. The minimum absolute atomic E-state index is 0.145. The summed E-state index contributed by atoms with van der Waals surface area (Å²) in [5.74, 6) is 0.138. The molecule has 1 atom stereocenters. The number of nitrogens with zero attached hydrogens (tertiary/aromatic N) is 2. The smallest absolute Gasteiger partial charge is 0.310 e. The van der Waals surface area contributed by atoms with Gasteiger partial charge in [0.15, 0.2) is 11.5 Å². The summed E-state index contributed by atoms with van der Waals surface area (Å²) in [4.78, 5) is 30.5. The quantitative estimate of drug-likeness (QED) is 0.739. The molecule has 0 spiro atoms. The minimum atomic E-state index is -0.449. The van der Waals surface area contributed by atoms with Gasteiger partial charge in [-0.25, -0.2) is 0 Å². The number of ether oxygens (including phenoxy) is 3. The topological polar surface area (TPSA) is 78.0 Å². The van der Waals surface area contributed by atoms with Crippen LogP contribution in [0.3, 0.4) is 0 Å². The SMILES string of the molecule is COC(=O)C(C)CN(Cc1cccnc1)C(=O)c1ccc2c(c1)OCO2. The van der Waals surface area contributed by atoms with E-state index >= 15 is 0 Å². The molecule has 0 N–H and O–H groups in total. The molecule has 136 valence electrons. The Bertz CT molecular complexity index is 794. The van der Waals surface area contributed by atoms with Gasteiger partial charge in [-0.15, -0.1) is 0 Å². The molecule has 7 heteroatoms. The van der Waals surface area contributed by atoms with Crippen LogP contribution < -0.4 is 9.47 Å². The maximum absolute atomic E-state index is 13.1. The fourth-order valence-electron chi connectivity index (χ4n) is 2.75. The molecule has 26 heavy (non-hydrogen) atoms. The van der Waals surface area contributed by atoms with Gasteiger partial charge in [-0.1, -0.05) is 13.0 Å². The van der Waals surface area contributed by atoms with Gasteiger partial charge >= 0.3 is 5.97 Å². The van der Waals surface area contributed by atoms with Gasteiger partial charge in [0.2, 0.25) is 6.79 Å². The van der Waals surface area contributed by atoms with E-state index in [0.29, 0.717) is 23.6 Å². The third kappa shape index (κ3) is 3.93. The lowest BCUT2D eigenvalue weighted by Crippen LogP contribution is -2.36. The molecule has 0 saturated carbocycles. The Morgan fingerprint density at radius 1 is 1.27 bits per heavy atom. The van der Waals surface area contributed by atoms with Crippen molar-refractivity contribution in [1.29, 1.82) is 0 Å². The fourth-order valence-corrected chi connectivity index (χ4v) is 2.75. The number of methoxy groups -OCH3 is 1. The average Bonchev–Trinajstić information content (AvgIpc) is 3.14. The predicted octanol–water partition coefficient (Wildman–Crippen LogP) is 2.26. The molecule has 1 amide bonds. The molecule has 1 unspecified atom stereocenters. The van der Waals surface area contributed by atoms with E-state index in [1.807, 2.05) is 12.1 Å². The van der Waals surface area contributed by atoms with Gasteiger partial charge in [0.05, 0.1) is 13.0 Å². The largest absolute Gasteiger partial charge is 0.469 e. The van der Waals surface area contributed by atoms with Gasteiger partial charge < -0.3 is 19.1 Å². The molecule has 2 aromatic rings. The van der Waals surface area contributed by atoms with E-state index in [0.717, 1.165) is 5.56 Å². The van der Waals surface area contributed by atoms with E-state index < -0.39 is 5.92 Å². The molecule has 1 aromatic heterocycles. The number of fused-ring (bicyclic) bond motifs is 1. The lowest BCUT2D eigenvalue weighted by atomic mass is 10.1. The standard InChI is InChI=1S/C19H20N2O5/c1-13(19(23)24-2)10-21(11-14-4-3-7-20-9-14)18(22)15-5-6-16-17(8-15)26-12-25-16/h3-9,13H,10-12H2,1-2H3. The number of hydrogen-bond acceptors (Lipinski definition) is 6. The van der Waals surface area contributed by atoms with Crippen molar-refractivity contribution in [2.45, 2.75) is 13.5 Å². The van der Waals surface area contributed by atoms with Crippen LogP contribution in [0, 0.1) is 5.92 Å². The van der Waals surface area contributed by atoms with Crippen LogP contribution in [0.2, 0.25) is 0 Å². The molecule has 0 radical (unpaired) electrons. The van der Waals surface area contributed by atoms with Crippen molar-refractivity contribution in [3.8, 4) is 11.5 Å². The van der Waals surface area contributed by atoms with Crippen molar-refractivity contribution in [2.75, 3.05) is 20.4 Å². The van der Waals surface area contributed by atoms with Crippen molar-refractivity contribution in [1.82, 2.24) is 9.88 Å². The van der Waals surface area contributed by atoms with Crippen LogP contribution in [0.1, 0.15) is 22.8 Å². The summed E-state index contributed by atoms with van der Waals surface area (Å²) < 4.78 is 15.4. The Hall–Kier alpha value is -3.09. The number of aromatic nitrogens is 1. The van der Waals surface area contributed by atoms with Crippen LogP contribution >= 0.6 is 0 Å². The zero-order valence-corrected chi connectivity index (χ0v) is 14.7. The first-order valence-corrected chi connectivity index (χ1v) is 8.24. The second-order valence-electron chi connectivity index (χ2n) is 6.04. The molecule has 7 nitrogen and oxygen atoms in total. The number of amides is 1. The Morgan fingerprint density at radius 3 is 2.81 bits per heavy atom. The predicted molar refractivity (Wildman–Crippen MR) is 92.7 cm³/mol. The first-order valence-electron chi connectivity index (χ1n) is 8.24. The molecule has 0 saturated heterocycles. The zero-order valence-electron chi connectivity index (χ0n) is 14.7. The summed E-state index contributed by atoms with van der Waals surface area (Å²) in [6, 6.07) is 8.75. The van der Waals surface area contributed by atoms with Crippen molar-refractivity contribution < 1.29 is 23.8 Å². The first kappa shape index (κ1) is 17.7. The number of carbonyl (C=O) groups excluding carboxylic acids is 2. The Morgan fingerprint density at radius 2 is 2.08 bits per heavy atom. The molecule has 1 aromatic carbocycles. The highest BCUT2D eigenvalue weighted by molar-refractivity contribution is 5.95. The maximum atomic E-state index is 13.1. The normalized spacial score (nSPS) is 13.2. The molecule has 1 aliphatic heterocycles. The van der Waals surface area contributed by atoms with Gasteiger partial charge in [-0.05, 0) is 29.8 Å². The highest BCUT2D eigenvalue weighted by atomic mass is 16.7. The first-order chi connectivity index (χ1) is 12.6. The van der Waals surface area contributed by atoms with Crippen molar-refractivity contribution in [3.05, 3.63) is 53.9 Å². The molecular formula is C19H20N2O5. The van der Waals surface area contributed by atoms with E-state index in [1.54, 1.807) is 42.4 Å². The number of carbonyl (C=O) groups is 2. The summed E-state index contributed by atoms with van der Waals surface area (Å²) in [5, 5.41) is 0. The minimum Gasteiger partial charge on any atom is -0.469 e. The second-order valence-corrected chi connectivity index (χ2v) is 6.04. The monoisotopic (exact) mass is 356 g/mol. The number of rotatable bonds is 6. The molecule has 0 aliphatic carbocycles. The van der Waals surface area contributed by atoms with E-state index in [-0.39, 0.29) is 25.2 Å². The lowest BCUT2D eigenvalue weighted by molar-refractivity contribution is -0.145. The molecule has 0 bridgehead atoms. The van der Waals surface area contributed by atoms with Crippen LogP contribution in [-0.4, -0.2) is 42.2 Å². The maximum Gasteiger partial charge on any atom is 0.310 e. The van der Waals surface area contributed by atoms with Crippen LogP contribution in [0.4, 0.5) is 0 Å². The zero-order chi connectivity index (χ0) is 18.5. The summed E-state index contributed by atoms with van der Waals surface area (Å²) in [6.07, 6.45) is 3.37. The van der Waals surface area contributed by atoms with Crippen LogP contribution in [-0.2, 0) is 16.1 Å². The van der Waals surface area contributed by atoms with E-state index in [4.69, 9.17) is 14.2 Å². The van der Waals surface area contributed by atoms with Gasteiger partial charge in [0, 0.05) is 31.0 Å². The third-order valence-corrected chi connectivity index (χ3v) is 4.10. The van der Waals surface area contributed by atoms with Crippen molar-refractivity contribution in [2.24, 2.45) is 5.92 Å². The van der Waals surface area contributed by atoms with Gasteiger partial charge in [-0.2, -0.15) is 0 Å². The van der Waals surface area contributed by atoms with Gasteiger partial charge in [0.1, 0.15) is 0 Å². The number of pyridine rings is 1. The van der Waals surface area contributed by atoms with Crippen LogP contribution in [0.5, 0.6) is 11.5 Å². The second kappa shape index (κ2) is 7.86. The van der Waals surface area contributed by atoms with Gasteiger partial charge in [0.25, 0.3) is 5.91 Å². The van der Waals surface area contributed by atoms with E-state index in [1.165, 1.54) is 7.11 Å². The average molecular weight is 356 g/mol. The third-order valence-electron chi connectivity index (χ3n) is 4.10. The van der Waals surface area contributed by atoms with E-state index in [9.17, 15) is 9.59 Å². The Labute approximate surface area is 151 Å². The molecule has 0 fully saturated rings. The fraction of sp³-hybridized carbons (Fsp3) is 0.316. The highest BCUT2D eigenvalue weighted by Crippen LogP contribution is 2.33. The Kier molecular flexibility index (Phi) is 5.36. The summed E-state index contributed by atoms with van der Waals surface area (Å²) in [6.45, 7) is 2.44.